The number of allylic oxidation sites excluding steroid dienone is 4. The molecular weight excluding hydrogens is 158 g/mol. The molecule has 0 bridgehead atoms. The van der Waals surface area contributed by atoms with Crippen molar-refractivity contribution in [1.82, 2.24) is 0 Å². The monoisotopic (exact) mass is 177 g/mol. The van der Waals surface area contributed by atoms with Gasteiger partial charge >= 0.3 is 0 Å². The number of rotatable bonds is 4. The molecule has 0 aromatic rings. The lowest BCUT2D eigenvalue weighted by atomic mass is 10.0. The van der Waals surface area contributed by atoms with Crippen molar-refractivity contribution in [3.05, 3.63) is 22.8 Å². The zero-order valence-electron chi connectivity index (χ0n) is 9.15. The number of nitrogens with zero attached hydrogens (tertiary/aromatic N) is 1. The molecule has 0 aliphatic heterocycles. The summed E-state index contributed by atoms with van der Waals surface area (Å²) in [5.74, 6) is 0. The van der Waals surface area contributed by atoms with E-state index < -0.39 is 0 Å². The second-order valence-corrected chi connectivity index (χ2v) is 3.54. The molecule has 0 saturated carbocycles. The Hall–Kier alpha value is -1.03. The minimum Gasteiger partial charge on any atom is -0.193 e. The van der Waals surface area contributed by atoms with E-state index >= 15 is 0 Å². The topological polar surface area (TPSA) is 23.8 Å². The highest BCUT2D eigenvalue weighted by Crippen LogP contribution is 2.13. The molecule has 1 heteroatoms. The molecule has 0 aliphatic rings. The Balaban J connectivity index is 4.15. The molecule has 0 rings (SSSR count). The second kappa shape index (κ2) is 6.48. The Morgan fingerprint density at radius 3 is 2.31 bits per heavy atom. The third-order valence-electron chi connectivity index (χ3n) is 2.08. The standard InChI is InChI=1S/C12H19N/c1-5-12(9-13)11(4)8-6-7-10(2)3/h7H,5-6,8H2,1-4H3/b12-11+. The molecule has 0 saturated heterocycles. The number of hydrogen-bond donors (Lipinski definition) is 0. The van der Waals surface area contributed by atoms with Gasteiger partial charge in [0.2, 0.25) is 0 Å². The first kappa shape index (κ1) is 12.0. The van der Waals surface area contributed by atoms with Crippen molar-refractivity contribution in [3.63, 3.8) is 0 Å². The van der Waals surface area contributed by atoms with Crippen LogP contribution < -0.4 is 0 Å². The average molecular weight is 177 g/mol. The van der Waals surface area contributed by atoms with Crippen LogP contribution in [0.3, 0.4) is 0 Å². The summed E-state index contributed by atoms with van der Waals surface area (Å²) in [5.41, 5.74) is 3.53. The van der Waals surface area contributed by atoms with Gasteiger partial charge in [0, 0.05) is 5.57 Å². The molecule has 13 heavy (non-hydrogen) atoms. The Labute approximate surface area is 81.8 Å². The maximum absolute atomic E-state index is 8.78. The molecule has 0 fully saturated rings. The van der Waals surface area contributed by atoms with Crippen LogP contribution in [0.25, 0.3) is 0 Å². The minimum atomic E-state index is 0.858. The molecule has 0 heterocycles. The molecule has 0 unspecified atom stereocenters. The second-order valence-electron chi connectivity index (χ2n) is 3.54. The molecular formula is C12H19N. The number of hydrogen-bond acceptors (Lipinski definition) is 1. The van der Waals surface area contributed by atoms with Crippen LogP contribution in [0, 0.1) is 11.3 Å². The first-order valence-corrected chi connectivity index (χ1v) is 4.83. The Kier molecular flexibility index (Phi) is 5.97. The predicted molar refractivity (Wildman–Crippen MR) is 57.3 cm³/mol. The van der Waals surface area contributed by atoms with Crippen LogP contribution in [0.1, 0.15) is 47.0 Å². The lowest BCUT2D eigenvalue weighted by molar-refractivity contribution is 0.935. The molecule has 0 aliphatic carbocycles. The smallest absolute Gasteiger partial charge is 0.0946 e. The zero-order valence-corrected chi connectivity index (χ0v) is 9.15. The minimum absolute atomic E-state index is 0.858. The molecule has 0 atom stereocenters. The van der Waals surface area contributed by atoms with Gasteiger partial charge in [-0.2, -0.15) is 5.26 Å². The maximum atomic E-state index is 8.78. The highest BCUT2D eigenvalue weighted by atomic mass is 14.2. The molecule has 1 nitrogen and oxygen atoms in total. The lowest BCUT2D eigenvalue weighted by Crippen LogP contribution is -1.84. The normalized spacial score (nSPS) is 11.6. The first-order chi connectivity index (χ1) is 6.11. The molecule has 72 valence electrons. The molecule has 0 N–H and O–H groups in total. The van der Waals surface area contributed by atoms with Crippen molar-refractivity contribution in [1.29, 1.82) is 5.26 Å². The highest BCUT2D eigenvalue weighted by Gasteiger charge is 1.97. The molecule has 0 aromatic heterocycles. The summed E-state index contributed by atoms with van der Waals surface area (Å²) in [6, 6.07) is 2.25. The Bertz CT molecular complexity index is 247. The van der Waals surface area contributed by atoms with E-state index in [0.717, 1.165) is 24.8 Å². The van der Waals surface area contributed by atoms with Gasteiger partial charge in [0.1, 0.15) is 0 Å². The maximum Gasteiger partial charge on any atom is 0.0946 e. The van der Waals surface area contributed by atoms with Crippen LogP contribution in [0.4, 0.5) is 0 Å². The van der Waals surface area contributed by atoms with Crippen molar-refractivity contribution < 1.29 is 0 Å². The van der Waals surface area contributed by atoms with Gasteiger partial charge in [0.05, 0.1) is 6.07 Å². The van der Waals surface area contributed by atoms with Crippen LogP contribution in [-0.2, 0) is 0 Å². The fourth-order valence-electron chi connectivity index (χ4n) is 1.20. The zero-order chi connectivity index (χ0) is 10.3. The van der Waals surface area contributed by atoms with Crippen LogP contribution in [0.15, 0.2) is 22.8 Å². The third-order valence-corrected chi connectivity index (χ3v) is 2.08. The summed E-state index contributed by atoms with van der Waals surface area (Å²) in [4.78, 5) is 0. The van der Waals surface area contributed by atoms with Crippen LogP contribution in [-0.4, -0.2) is 0 Å². The first-order valence-electron chi connectivity index (χ1n) is 4.83. The summed E-state index contributed by atoms with van der Waals surface area (Å²) in [7, 11) is 0. The summed E-state index contributed by atoms with van der Waals surface area (Å²) in [6.07, 6.45) is 5.15. The fraction of sp³-hybridized carbons (Fsp3) is 0.583. The summed E-state index contributed by atoms with van der Waals surface area (Å²) in [6.45, 7) is 8.29. The van der Waals surface area contributed by atoms with E-state index in [4.69, 9.17) is 5.26 Å². The van der Waals surface area contributed by atoms with Crippen molar-refractivity contribution in [2.75, 3.05) is 0 Å². The van der Waals surface area contributed by atoms with E-state index in [-0.39, 0.29) is 0 Å². The van der Waals surface area contributed by atoms with E-state index in [1.165, 1.54) is 11.1 Å². The molecule has 0 radical (unpaired) electrons. The SMILES string of the molecule is CC/C(C#N)=C(/C)CCC=C(C)C. The fourth-order valence-corrected chi connectivity index (χ4v) is 1.20. The van der Waals surface area contributed by atoms with E-state index in [2.05, 4.69) is 32.9 Å². The van der Waals surface area contributed by atoms with Gasteiger partial charge < -0.3 is 0 Å². The van der Waals surface area contributed by atoms with Crippen molar-refractivity contribution in [2.24, 2.45) is 0 Å². The Morgan fingerprint density at radius 1 is 1.31 bits per heavy atom. The quantitative estimate of drug-likeness (QED) is 0.470. The van der Waals surface area contributed by atoms with Crippen molar-refractivity contribution in [3.8, 4) is 6.07 Å². The van der Waals surface area contributed by atoms with Gasteiger partial charge in [0.15, 0.2) is 0 Å². The van der Waals surface area contributed by atoms with Crippen molar-refractivity contribution >= 4 is 0 Å². The van der Waals surface area contributed by atoms with E-state index in [0.29, 0.717) is 0 Å². The predicted octanol–water partition coefficient (Wildman–Crippen LogP) is 3.98. The van der Waals surface area contributed by atoms with Crippen LogP contribution >= 0.6 is 0 Å². The molecule has 0 spiro atoms. The summed E-state index contributed by atoms with van der Waals surface area (Å²) >= 11 is 0. The largest absolute Gasteiger partial charge is 0.193 e. The van der Waals surface area contributed by atoms with Crippen molar-refractivity contribution in [2.45, 2.75) is 47.0 Å². The van der Waals surface area contributed by atoms with Gasteiger partial charge in [-0.3, -0.25) is 0 Å². The molecule has 0 amide bonds. The lowest BCUT2D eigenvalue weighted by Gasteiger charge is -2.01. The third kappa shape index (κ3) is 5.25. The van der Waals surface area contributed by atoms with E-state index in [1.807, 2.05) is 6.92 Å². The van der Waals surface area contributed by atoms with E-state index in [1.54, 1.807) is 0 Å². The van der Waals surface area contributed by atoms with E-state index in [9.17, 15) is 0 Å². The van der Waals surface area contributed by atoms with Gasteiger partial charge in [0.25, 0.3) is 0 Å². The summed E-state index contributed by atoms with van der Waals surface area (Å²) in [5, 5.41) is 8.78. The van der Waals surface area contributed by atoms with Gasteiger partial charge in [-0.1, -0.05) is 24.1 Å². The molecule has 0 aromatic carbocycles. The average Bonchev–Trinajstić information content (AvgIpc) is 2.05. The Morgan fingerprint density at radius 2 is 1.92 bits per heavy atom. The van der Waals surface area contributed by atoms with Crippen LogP contribution in [0.5, 0.6) is 0 Å². The summed E-state index contributed by atoms with van der Waals surface area (Å²) < 4.78 is 0. The highest BCUT2D eigenvalue weighted by molar-refractivity contribution is 5.26. The van der Waals surface area contributed by atoms with Gasteiger partial charge in [-0.15, -0.1) is 0 Å². The van der Waals surface area contributed by atoms with Crippen LogP contribution in [0.2, 0.25) is 0 Å². The number of nitriles is 1. The van der Waals surface area contributed by atoms with Gasteiger partial charge in [-0.05, 0) is 40.0 Å². The van der Waals surface area contributed by atoms with Gasteiger partial charge in [-0.25, -0.2) is 0 Å².